The number of benzene rings is 1. The summed E-state index contributed by atoms with van der Waals surface area (Å²) in [7, 11) is 0. The van der Waals surface area contributed by atoms with Crippen LogP contribution in [0.5, 0.6) is 0 Å². The van der Waals surface area contributed by atoms with E-state index in [0.717, 1.165) is 3.57 Å². The van der Waals surface area contributed by atoms with Crippen molar-refractivity contribution in [3.8, 4) is 0 Å². The number of carbonyl (C=O) groups is 2. The van der Waals surface area contributed by atoms with Crippen LogP contribution >= 0.6 is 22.6 Å². The molecule has 0 aliphatic rings. The largest absolute Gasteiger partial charge is 0.466 e. The SMILES string of the molecule is CCOC(=O)CCNC(=O)c1ccc(I)cc1. The summed E-state index contributed by atoms with van der Waals surface area (Å²) in [6.45, 7) is 2.41. The number of ether oxygens (including phenoxy) is 1. The van der Waals surface area contributed by atoms with Gasteiger partial charge in [-0.15, -0.1) is 0 Å². The zero-order chi connectivity index (χ0) is 12.7. The fourth-order valence-corrected chi connectivity index (χ4v) is 1.57. The van der Waals surface area contributed by atoms with Crippen LogP contribution < -0.4 is 5.32 Å². The molecule has 0 aromatic heterocycles. The van der Waals surface area contributed by atoms with Crippen molar-refractivity contribution in [1.29, 1.82) is 0 Å². The number of nitrogens with one attached hydrogen (secondary N) is 1. The molecule has 0 saturated carbocycles. The first-order valence-corrected chi connectivity index (χ1v) is 6.40. The van der Waals surface area contributed by atoms with Gasteiger partial charge in [0.2, 0.25) is 0 Å². The Hall–Kier alpha value is -1.11. The van der Waals surface area contributed by atoms with Gasteiger partial charge in [-0.2, -0.15) is 0 Å². The maximum atomic E-state index is 11.6. The molecule has 0 saturated heterocycles. The van der Waals surface area contributed by atoms with Crippen LogP contribution in [0.2, 0.25) is 0 Å². The van der Waals surface area contributed by atoms with Gasteiger partial charge in [-0.25, -0.2) is 0 Å². The standard InChI is InChI=1S/C12H14INO3/c1-2-17-11(15)7-8-14-12(16)9-3-5-10(13)6-4-9/h3-6H,2,7-8H2,1H3,(H,14,16). The van der Waals surface area contributed by atoms with E-state index in [4.69, 9.17) is 4.74 Å². The Kier molecular flexibility index (Phi) is 5.96. The summed E-state index contributed by atoms with van der Waals surface area (Å²) >= 11 is 2.17. The molecule has 0 fully saturated rings. The van der Waals surface area contributed by atoms with E-state index >= 15 is 0 Å². The molecule has 0 unspecified atom stereocenters. The van der Waals surface area contributed by atoms with Crippen LogP contribution in [-0.4, -0.2) is 25.0 Å². The van der Waals surface area contributed by atoms with Crippen molar-refractivity contribution >= 4 is 34.5 Å². The summed E-state index contributed by atoms with van der Waals surface area (Å²) in [5, 5.41) is 2.67. The Morgan fingerprint density at radius 2 is 1.94 bits per heavy atom. The van der Waals surface area contributed by atoms with Gasteiger partial charge in [0.1, 0.15) is 0 Å². The lowest BCUT2D eigenvalue weighted by Gasteiger charge is -2.05. The second-order valence-electron chi connectivity index (χ2n) is 3.32. The van der Waals surface area contributed by atoms with Gasteiger partial charge in [-0.1, -0.05) is 0 Å². The summed E-state index contributed by atoms with van der Waals surface area (Å²) in [6.07, 6.45) is 0.198. The molecule has 0 spiro atoms. The molecular weight excluding hydrogens is 333 g/mol. The van der Waals surface area contributed by atoms with Gasteiger partial charge in [-0.05, 0) is 53.8 Å². The predicted octanol–water partition coefficient (Wildman–Crippen LogP) is 1.97. The molecule has 5 heteroatoms. The topological polar surface area (TPSA) is 55.4 Å². The van der Waals surface area contributed by atoms with Crippen LogP contribution in [0.3, 0.4) is 0 Å². The molecule has 1 rings (SSSR count). The van der Waals surface area contributed by atoms with E-state index in [1.165, 1.54) is 0 Å². The third kappa shape index (κ3) is 5.16. The fraction of sp³-hybridized carbons (Fsp3) is 0.333. The van der Waals surface area contributed by atoms with Gasteiger partial charge in [0, 0.05) is 15.7 Å². The number of rotatable bonds is 5. The number of hydrogen-bond donors (Lipinski definition) is 1. The quantitative estimate of drug-likeness (QED) is 0.655. The molecule has 1 amide bonds. The highest BCUT2D eigenvalue weighted by Gasteiger charge is 2.06. The molecule has 0 aliphatic carbocycles. The third-order valence-corrected chi connectivity index (χ3v) is 2.75. The van der Waals surface area contributed by atoms with Gasteiger partial charge in [-0.3, -0.25) is 9.59 Å². The molecular formula is C12H14INO3. The Morgan fingerprint density at radius 1 is 1.29 bits per heavy atom. The van der Waals surface area contributed by atoms with E-state index in [2.05, 4.69) is 27.9 Å². The van der Waals surface area contributed by atoms with Crippen molar-refractivity contribution in [1.82, 2.24) is 5.32 Å². The third-order valence-electron chi connectivity index (χ3n) is 2.03. The van der Waals surface area contributed by atoms with Crippen LogP contribution in [-0.2, 0) is 9.53 Å². The molecule has 0 atom stereocenters. The number of halogens is 1. The molecule has 1 aromatic carbocycles. The second kappa shape index (κ2) is 7.26. The van der Waals surface area contributed by atoms with E-state index in [9.17, 15) is 9.59 Å². The molecule has 0 heterocycles. The second-order valence-corrected chi connectivity index (χ2v) is 4.56. The molecule has 92 valence electrons. The zero-order valence-electron chi connectivity index (χ0n) is 9.53. The minimum absolute atomic E-state index is 0.175. The average molecular weight is 347 g/mol. The van der Waals surface area contributed by atoms with Crippen LogP contribution in [0, 0.1) is 3.57 Å². The molecule has 0 bridgehead atoms. The van der Waals surface area contributed by atoms with Crippen molar-refractivity contribution in [3.05, 3.63) is 33.4 Å². The summed E-state index contributed by atoms with van der Waals surface area (Å²) in [6, 6.07) is 7.23. The van der Waals surface area contributed by atoms with Gasteiger partial charge >= 0.3 is 5.97 Å². The van der Waals surface area contributed by atoms with Crippen LogP contribution in [0.25, 0.3) is 0 Å². The summed E-state index contributed by atoms with van der Waals surface area (Å²) < 4.78 is 5.83. The monoisotopic (exact) mass is 347 g/mol. The smallest absolute Gasteiger partial charge is 0.307 e. The Bertz CT molecular complexity index is 389. The van der Waals surface area contributed by atoms with Crippen molar-refractivity contribution in [3.63, 3.8) is 0 Å². The van der Waals surface area contributed by atoms with Gasteiger partial charge in [0.05, 0.1) is 13.0 Å². The van der Waals surface area contributed by atoms with E-state index in [1.807, 2.05) is 12.1 Å². The van der Waals surface area contributed by atoms with E-state index in [-0.39, 0.29) is 18.3 Å². The summed E-state index contributed by atoms with van der Waals surface area (Å²) in [5.41, 5.74) is 0.592. The highest BCUT2D eigenvalue weighted by molar-refractivity contribution is 14.1. The minimum atomic E-state index is -0.296. The molecule has 4 nitrogen and oxygen atoms in total. The van der Waals surface area contributed by atoms with Crippen LogP contribution in [0.15, 0.2) is 24.3 Å². The Morgan fingerprint density at radius 3 is 2.53 bits per heavy atom. The van der Waals surface area contributed by atoms with Crippen molar-refractivity contribution < 1.29 is 14.3 Å². The predicted molar refractivity (Wildman–Crippen MR) is 72.7 cm³/mol. The van der Waals surface area contributed by atoms with Crippen molar-refractivity contribution in [2.24, 2.45) is 0 Å². The Balaban J connectivity index is 2.35. The van der Waals surface area contributed by atoms with Crippen molar-refractivity contribution in [2.45, 2.75) is 13.3 Å². The Labute approximate surface area is 114 Å². The van der Waals surface area contributed by atoms with Crippen LogP contribution in [0.1, 0.15) is 23.7 Å². The van der Waals surface area contributed by atoms with Crippen LogP contribution in [0.4, 0.5) is 0 Å². The maximum Gasteiger partial charge on any atom is 0.307 e. The van der Waals surface area contributed by atoms with Gasteiger partial charge in [0.15, 0.2) is 0 Å². The van der Waals surface area contributed by atoms with Crippen molar-refractivity contribution in [2.75, 3.05) is 13.2 Å². The lowest BCUT2D eigenvalue weighted by molar-refractivity contribution is -0.142. The van der Waals surface area contributed by atoms with E-state index in [1.54, 1.807) is 19.1 Å². The number of carbonyl (C=O) groups excluding carboxylic acids is 2. The molecule has 1 aromatic rings. The first-order valence-electron chi connectivity index (χ1n) is 5.33. The highest BCUT2D eigenvalue weighted by Crippen LogP contribution is 2.06. The number of esters is 1. The summed E-state index contributed by atoms with van der Waals surface area (Å²) in [4.78, 5) is 22.7. The fourth-order valence-electron chi connectivity index (χ4n) is 1.21. The number of amides is 1. The zero-order valence-corrected chi connectivity index (χ0v) is 11.7. The number of hydrogen-bond acceptors (Lipinski definition) is 3. The lowest BCUT2D eigenvalue weighted by Crippen LogP contribution is -2.26. The molecule has 0 aliphatic heterocycles. The molecule has 0 radical (unpaired) electrons. The van der Waals surface area contributed by atoms with Gasteiger partial charge in [0.25, 0.3) is 5.91 Å². The average Bonchev–Trinajstić information content (AvgIpc) is 2.30. The highest BCUT2D eigenvalue weighted by atomic mass is 127. The first kappa shape index (κ1) is 14.0. The lowest BCUT2D eigenvalue weighted by atomic mass is 10.2. The molecule has 17 heavy (non-hydrogen) atoms. The minimum Gasteiger partial charge on any atom is -0.466 e. The normalized spacial score (nSPS) is 9.76. The van der Waals surface area contributed by atoms with E-state index < -0.39 is 0 Å². The maximum absolute atomic E-state index is 11.6. The molecule has 1 N–H and O–H groups in total. The van der Waals surface area contributed by atoms with Gasteiger partial charge < -0.3 is 10.1 Å². The first-order chi connectivity index (χ1) is 8.13. The summed E-state index contributed by atoms with van der Waals surface area (Å²) in [5.74, 6) is -0.471. The van der Waals surface area contributed by atoms with E-state index in [0.29, 0.717) is 18.7 Å².